The van der Waals surface area contributed by atoms with E-state index in [1.54, 1.807) is 0 Å². The van der Waals surface area contributed by atoms with Gasteiger partial charge >= 0.3 is 0 Å². The van der Waals surface area contributed by atoms with E-state index >= 15 is 0 Å². The Bertz CT molecular complexity index is 591. The fraction of sp³-hybridized carbons (Fsp3) is 0.316. The summed E-state index contributed by atoms with van der Waals surface area (Å²) in [5.74, 6) is 0.237. The second-order valence-electron chi connectivity index (χ2n) is 5.74. The van der Waals surface area contributed by atoms with Crippen molar-refractivity contribution in [3.05, 3.63) is 71.8 Å². The van der Waals surface area contributed by atoms with Gasteiger partial charge in [-0.2, -0.15) is 0 Å². The van der Waals surface area contributed by atoms with Crippen LogP contribution in [0.1, 0.15) is 15.9 Å². The molecule has 3 nitrogen and oxygen atoms in total. The Labute approximate surface area is 131 Å². The van der Waals surface area contributed by atoms with E-state index < -0.39 is 0 Å². The number of ether oxygens (including phenoxy) is 1. The molecular formula is C19H22NO2+. The first-order valence-corrected chi connectivity index (χ1v) is 7.90. The fourth-order valence-electron chi connectivity index (χ4n) is 3.06. The zero-order valence-corrected chi connectivity index (χ0v) is 12.7. The number of Topliss-reactive ketones (excluding diaryl/α,β-unsaturated/α-hetero) is 1. The molecule has 0 aromatic heterocycles. The van der Waals surface area contributed by atoms with Gasteiger partial charge in [-0.1, -0.05) is 60.7 Å². The van der Waals surface area contributed by atoms with Crippen molar-refractivity contribution in [2.45, 2.75) is 12.5 Å². The van der Waals surface area contributed by atoms with E-state index in [2.05, 4.69) is 12.1 Å². The van der Waals surface area contributed by atoms with Crippen LogP contribution in [0, 0.1) is 0 Å². The molecule has 0 aliphatic carbocycles. The summed E-state index contributed by atoms with van der Waals surface area (Å²) in [6, 6.07) is 19.9. The van der Waals surface area contributed by atoms with Crippen LogP contribution >= 0.6 is 0 Å². The van der Waals surface area contributed by atoms with Crippen LogP contribution in [0.2, 0.25) is 0 Å². The zero-order valence-electron chi connectivity index (χ0n) is 12.7. The lowest BCUT2D eigenvalue weighted by Crippen LogP contribution is -3.18. The topological polar surface area (TPSA) is 30.7 Å². The summed E-state index contributed by atoms with van der Waals surface area (Å²) >= 11 is 0. The van der Waals surface area contributed by atoms with Gasteiger partial charge in [-0.15, -0.1) is 0 Å². The van der Waals surface area contributed by atoms with Crippen LogP contribution in [0.5, 0.6) is 0 Å². The van der Waals surface area contributed by atoms with E-state index in [9.17, 15) is 4.79 Å². The first kappa shape index (κ1) is 14.9. The Kier molecular flexibility index (Phi) is 4.99. The molecule has 2 aromatic carbocycles. The molecule has 0 saturated carbocycles. The van der Waals surface area contributed by atoms with Crippen LogP contribution in [0.3, 0.4) is 0 Å². The zero-order chi connectivity index (χ0) is 15.2. The number of hydrogen-bond donors (Lipinski definition) is 1. The quantitative estimate of drug-likeness (QED) is 0.846. The lowest BCUT2D eigenvalue weighted by Gasteiger charge is -2.30. The van der Waals surface area contributed by atoms with E-state index in [1.807, 2.05) is 48.5 Å². The second-order valence-corrected chi connectivity index (χ2v) is 5.74. The second kappa shape index (κ2) is 7.34. The summed E-state index contributed by atoms with van der Waals surface area (Å²) in [5.41, 5.74) is 2.03. The highest BCUT2D eigenvalue weighted by Crippen LogP contribution is 2.08. The number of hydrogen-bond acceptors (Lipinski definition) is 2. The summed E-state index contributed by atoms with van der Waals surface area (Å²) in [5, 5.41) is 0. The Morgan fingerprint density at radius 3 is 2.18 bits per heavy atom. The summed E-state index contributed by atoms with van der Waals surface area (Å²) in [6.07, 6.45) is 0.782. The van der Waals surface area contributed by atoms with Crippen LogP contribution in [-0.4, -0.2) is 38.1 Å². The van der Waals surface area contributed by atoms with E-state index in [1.165, 1.54) is 10.5 Å². The lowest BCUT2D eigenvalue weighted by molar-refractivity contribution is -0.922. The number of ketones is 1. The lowest BCUT2D eigenvalue weighted by atomic mass is 9.96. The highest BCUT2D eigenvalue weighted by atomic mass is 16.5. The first-order valence-electron chi connectivity index (χ1n) is 7.90. The Hall–Kier alpha value is -1.97. The monoisotopic (exact) mass is 296 g/mol. The standard InChI is InChI=1S/C19H21NO2/c21-19(17-9-5-2-6-10-17)18(20-11-13-22-14-12-20)15-16-7-3-1-4-8-16/h1-10,18H,11-15H2/p+1/t18-/m1/s1. The average Bonchev–Trinajstić information content (AvgIpc) is 2.61. The minimum atomic E-state index is -0.0336. The molecule has 0 spiro atoms. The van der Waals surface area contributed by atoms with Gasteiger partial charge < -0.3 is 9.64 Å². The third-order valence-corrected chi connectivity index (χ3v) is 4.29. The summed E-state index contributed by atoms with van der Waals surface area (Å²) in [4.78, 5) is 14.3. The molecule has 0 radical (unpaired) electrons. The molecule has 1 heterocycles. The molecule has 1 aliphatic heterocycles. The minimum Gasteiger partial charge on any atom is -0.370 e. The number of rotatable bonds is 5. The van der Waals surface area contributed by atoms with Crippen molar-refractivity contribution < 1.29 is 14.4 Å². The maximum Gasteiger partial charge on any atom is 0.220 e. The smallest absolute Gasteiger partial charge is 0.220 e. The van der Waals surface area contributed by atoms with Gasteiger partial charge in [0, 0.05) is 12.0 Å². The van der Waals surface area contributed by atoms with Gasteiger partial charge in [-0.05, 0) is 5.56 Å². The molecule has 1 aliphatic rings. The van der Waals surface area contributed by atoms with E-state index in [4.69, 9.17) is 4.74 Å². The van der Waals surface area contributed by atoms with Gasteiger partial charge in [0.2, 0.25) is 5.78 Å². The molecule has 1 atom stereocenters. The van der Waals surface area contributed by atoms with E-state index in [0.717, 1.165) is 38.3 Å². The van der Waals surface area contributed by atoms with Crippen molar-refractivity contribution in [1.82, 2.24) is 0 Å². The Morgan fingerprint density at radius 2 is 1.55 bits per heavy atom. The third kappa shape index (κ3) is 3.62. The average molecular weight is 296 g/mol. The van der Waals surface area contributed by atoms with E-state index in [-0.39, 0.29) is 11.8 Å². The minimum absolute atomic E-state index is 0.0336. The molecule has 3 rings (SSSR count). The van der Waals surface area contributed by atoms with Crippen LogP contribution in [0.4, 0.5) is 0 Å². The largest absolute Gasteiger partial charge is 0.370 e. The van der Waals surface area contributed by atoms with Gasteiger partial charge in [-0.25, -0.2) is 0 Å². The predicted octanol–water partition coefficient (Wildman–Crippen LogP) is 1.40. The SMILES string of the molecule is O=C(c1ccccc1)[C@@H](Cc1ccccc1)[NH+]1CCOCC1. The Balaban J connectivity index is 1.83. The van der Waals surface area contributed by atoms with Gasteiger partial charge in [-0.3, -0.25) is 4.79 Å². The van der Waals surface area contributed by atoms with Crippen molar-refractivity contribution in [3.63, 3.8) is 0 Å². The van der Waals surface area contributed by atoms with Crippen molar-refractivity contribution in [3.8, 4) is 0 Å². The summed E-state index contributed by atoms with van der Waals surface area (Å²) in [7, 11) is 0. The van der Waals surface area contributed by atoms with Crippen molar-refractivity contribution >= 4 is 5.78 Å². The van der Waals surface area contributed by atoms with Crippen LogP contribution in [-0.2, 0) is 11.2 Å². The summed E-state index contributed by atoms with van der Waals surface area (Å²) in [6.45, 7) is 3.28. The van der Waals surface area contributed by atoms with Crippen molar-refractivity contribution in [1.29, 1.82) is 0 Å². The van der Waals surface area contributed by atoms with Crippen LogP contribution in [0.25, 0.3) is 0 Å². The van der Waals surface area contributed by atoms with Crippen molar-refractivity contribution in [2.75, 3.05) is 26.3 Å². The molecule has 114 valence electrons. The normalized spacial score (nSPS) is 17.1. The molecule has 0 unspecified atom stereocenters. The van der Waals surface area contributed by atoms with Gasteiger partial charge in [0.05, 0.1) is 13.2 Å². The molecule has 1 saturated heterocycles. The highest BCUT2D eigenvalue weighted by molar-refractivity contribution is 5.99. The molecule has 2 aromatic rings. The number of carbonyl (C=O) groups is 1. The predicted molar refractivity (Wildman–Crippen MR) is 86.2 cm³/mol. The number of benzene rings is 2. The molecule has 0 amide bonds. The van der Waals surface area contributed by atoms with Gasteiger partial charge in [0.15, 0.2) is 6.04 Å². The molecule has 1 N–H and O–H groups in total. The molecule has 1 fully saturated rings. The van der Waals surface area contributed by atoms with Gasteiger partial charge in [0.25, 0.3) is 0 Å². The molecular weight excluding hydrogens is 274 g/mol. The molecule has 22 heavy (non-hydrogen) atoms. The van der Waals surface area contributed by atoms with Crippen LogP contribution < -0.4 is 4.90 Å². The Morgan fingerprint density at radius 1 is 0.955 bits per heavy atom. The number of nitrogens with one attached hydrogen (secondary N) is 1. The van der Waals surface area contributed by atoms with Gasteiger partial charge in [0.1, 0.15) is 13.1 Å². The number of quaternary nitrogens is 1. The maximum atomic E-state index is 13.0. The van der Waals surface area contributed by atoms with E-state index in [0.29, 0.717) is 0 Å². The third-order valence-electron chi connectivity index (χ3n) is 4.29. The van der Waals surface area contributed by atoms with Crippen LogP contribution in [0.15, 0.2) is 60.7 Å². The highest BCUT2D eigenvalue weighted by Gasteiger charge is 2.31. The first-order chi connectivity index (χ1) is 10.8. The van der Waals surface area contributed by atoms with Crippen molar-refractivity contribution in [2.24, 2.45) is 0 Å². The fourth-order valence-corrected chi connectivity index (χ4v) is 3.06. The molecule has 0 bridgehead atoms. The summed E-state index contributed by atoms with van der Waals surface area (Å²) < 4.78 is 5.45. The molecule has 3 heteroatoms. The number of carbonyl (C=O) groups excluding carboxylic acids is 1. The maximum absolute atomic E-state index is 13.0. The number of morpholine rings is 1.